The maximum absolute atomic E-state index is 14.3. The smallest absolute Gasteiger partial charge is 0.284 e. The average molecular weight is 855 g/mol. The van der Waals surface area contributed by atoms with Crippen LogP contribution in [0.5, 0.6) is 0 Å². The molecule has 5 aliphatic rings. The molecule has 1 aromatic carbocycles. The molecule has 4 aromatic heterocycles. The molecule has 4 amide bonds. The quantitative estimate of drug-likeness (QED) is 0.161. The monoisotopic (exact) mass is 854 g/mol. The van der Waals surface area contributed by atoms with Crippen molar-refractivity contribution in [3.05, 3.63) is 59.8 Å². The third kappa shape index (κ3) is 8.13. The van der Waals surface area contributed by atoms with E-state index in [-0.39, 0.29) is 54.3 Å². The van der Waals surface area contributed by atoms with Gasteiger partial charge in [-0.05, 0) is 69.1 Å². The summed E-state index contributed by atoms with van der Waals surface area (Å²) in [7, 11) is 0. The van der Waals surface area contributed by atoms with E-state index in [1.165, 1.54) is 16.9 Å². The number of alkyl halides is 2. The van der Waals surface area contributed by atoms with Gasteiger partial charge in [-0.1, -0.05) is 11.2 Å². The molecule has 2 unspecified atom stereocenters. The Morgan fingerprint density at radius 1 is 0.919 bits per heavy atom. The molecule has 0 radical (unpaired) electrons. The van der Waals surface area contributed by atoms with Crippen LogP contribution in [0.2, 0.25) is 0 Å². The van der Waals surface area contributed by atoms with Gasteiger partial charge in [0.05, 0.1) is 48.3 Å². The highest BCUT2D eigenvalue weighted by Crippen LogP contribution is 2.37. The van der Waals surface area contributed by atoms with Gasteiger partial charge in [0.2, 0.25) is 17.7 Å². The van der Waals surface area contributed by atoms with Crippen molar-refractivity contribution in [3.63, 3.8) is 0 Å². The number of nitrogens with one attached hydrogen (secondary N) is 3. The number of hydrogen-bond donors (Lipinski definition) is 3. The number of carbonyl (C=O) groups excluding carboxylic acids is 4. The number of benzene rings is 1. The number of imide groups is 1. The second kappa shape index (κ2) is 16.8. The molecule has 8 heterocycles. The number of morpholine rings is 1. The van der Waals surface area contributed by atoms with E-state index in [0.717, 1.165) is 90.2 Å². The summed E-state index contributed by atoms with van der Waals surface area (Å²) < 4.78 is 43.3. The Labute approximate surface area is 354 Å². The van der Waals surface area contributed by atoms with Crippen molar-refractivity contribution in [2.75, 3.05) is 67.9 Å². The van der Waals surface area contributed by atoms with Crippen LogP contribution in [0, 0.1) is 5.92 Å². The number of piperazine rings is 1. The van der Waals surface area contributed by atoms with Crippen molar-refractivity contribution in [2.45, 2.75) is 82.0 Å². The number of anilines is 3. The Hall–Kier alpha value is -5.86. The van der Waals surface area contributed by atoms with Crippen LogP contribution in [0.25, 0.3) is 16.6 Å². The van der Waals surface area contributed by atoms with Gasteiger partial charge in [-0.2, -0.15) is 10.2 Å². The lowest BCUT2D eigenvalue weighted by molar-refractivity contribution is -0.134. The van der Waals surface area contributed by atoms with E-state index in [4.69, 9.17) is 14.2 Å². The number of rotatable bonds is 11. The van der Waals surface area contributed by atoms with E-state index in [2.05, 4.69) is 46.0 Å². The number of halogens is 2. The van der Waals surface area contributed by atoms with Gasteiger partial charge in [-0.3, -0.25) is 34.1 Å². The Morgan fingerprint density at radius 3 is 2.45 bits per heavy atom. The van der Waals surface area contributed by atoms with Crippen LogP contribution in [0.15, 0.2) is 47.4 Å². The zero-order valence-electron chi connectivity index (χ0n) is 34.0. The van der Waals surface area contributed by atoms with E-state index >= 15 is 0 Å². The van der Waals surface area contributed by atoms with Crippen molar-refractivity contribution < 1.29 is 37.2 Å². The van der Waals surface area contributed by atoms with Gasteiger partial charge in [0, 0.05) is 70.0 Å². The molecule has 10 rings (SSSR count). The molecule has 1 aliphatic carbocycles. The molecule has 4 aliphatic heterocycles. The van der Waals surface area contributed by atoms with Crippen LogP contribution in [0.3, 0.4) is 0 Å². The largest absolute Gasteiger partial charge is 0.371 e. The zero-order chi connectivity index (χ0) is 42.5. The predicted molar refractivity (Wildman–Crippen MR) is 220 cm³/mol. The van der Waals surface area contributed by atoms with Crippen LogP contribution in [0.4, 0.5) is 26.0 Å². The highest BCUT2D eigenvalue weighted by atomic mass is 19.3. The topological polar surface area (TPSA) is 197 Å². The van der Waals surface area contributed by atoms with Gasteiger partial charge in [0.15, 0.2) is 16.9 Å². The number of para-hydroxylation sites is 1. The van der Waals surface area contributed by atoms with Crippen molar-refractivity contribution in [2.24, 2.45) is 5.92 Å². The number of aromatic nitrogens is 6. The van der Waals surface area contributed by atoms with Gasteiger partial charge in [-0.15, -0.1) is 0 Å². The summed E-state index contributed by atoms with van der Waals surface area (Å²) in [6, 6.07) is 7.09. The van der Waals surface area contributed by atoms with E-state index in [9.17, 15) is 28.0 Å². The minimum Gasteiger partial charge on any atom is -0.371 e. The van der Waals surface area contributed by atoms with Crippen molar-refractivity contribution in [1.29, 1.82) is 0 Å². The zero-order valence-corrected chi connectivity index (χ0v) is 34.0. The fraction of sp³-hybridized carbons (Fsp3) is 0.524. The lowest BCUT2D eigenvalue weighted by Crippen LogP contribution is -2.49. The number of amides is 4. The molecular formula is C42H48F2N12O6. The maximum Gasteiger partial charge on any atom is 0.284 e. The summed E-state index contributed by atoms with van der Waals surface area (Å²) in [5, 5.41) is 21.3. The van der Waals surface area contributed by atoms with Crippen LogP contribution in [-0.4, -0.2) is 128 Å². The van der Waals surface area contributed by atoms with Gasteiger partial charge < -0.3 is 29.7 Å². The molecule has 5 fully saturated rings. The molecule has 20 heteroatoms. The first-order chi connectivity index (χ1) is 30.1. The number of hydrogen-bond acceptors (Lipinski definition) is 13. The lowest BCUT2D eigenvalue weighted by Gasteiger charge is -2.38. The normalized spacial score (nSPS) is 24.9. The van der Waals surface area contributed by atoms with Crippen LogP contribution < -0.4 is 20.9 Å². The van der Waals surface area contributed by atoms with E-state index in [0.29, 0.717) is 40.3 Å². The van der Waals surface area contributed by atoms with Gasteiger partial charge >= 0.3 is 0 Å². The number of piperidine rings is 1. The number of fused-ring (bicyclic) bond motifs is 4. The van der Waals surface area contributed by atoms with E-state index in [1.807, 2.05) is 6.07 Å². The molecule has 5 aromatic rings. The molecule has 4 saturated heterocycles. The fourth-order valence-electron chi connectivity index (χ4n) is 9.80. The summed E-state index contributed by atoms with van der Waals surface area (Å²) in [5.74, 6) is -0.910. The van der Waals surface area contributed by atoms with Crippen LogP contribution in [0.1, 0.15) is 91.5 Å². The molecule has 326 valence electrons. The Bertz CT molecular complexity index is 2490. The summed E-state index contributed by atoms with van der Waals surface area (Å²) >= 11 is 0. The highest BCUT2D eigenvalue weighted by molar-refractivity contribution is 6.08. The summed E-state index contributed by atoms with van der Waals surface area (Å²) in [6.45, 7) is 5.67. The summed E-state index contributed by atoms with van der Waals surface area (Å²) in [4.78, 5) is 62.3. The lowest BCUT2D eigenvalue weighted by atomic mass is 9.85. The van der Waals surface area contributed by atoms with Gasteiger partial charge in [-0.25, -0.2) is 18.3 Å². The molecule has 0 spiro atoms. The van der Waals surface area contributed by atoms with Gasteiger partial charge in [0.1, 0.15) is 17.1 Å². The molecule has 1 saturated carbocycles. The second-order valence-electron chi connectivity index (χ2n) is 17.2. The van der Waals surface area contributed by atoms with Crippen molar-refractivity contribution in [1.82, 2.24) is 44.7 Å². The van der Waals surface area contributed by atoms with Crippen molar-refractivity contribution in [3.8, 4) is 0 Å². The maximum atomic E-state index is 14.3. The SMILES string of the molecule is O=C1CC[C@H](c2noc3c(NC(=O)CN4CCN(C[C@H]5CC[C@H](n6cc(NC(=O)c7cnn8ccc(N9CC%10CCC(C9)O%10)nc78)c(C(F)F)n6)CC5)CC4)cccc23)C(=O)N1. The van der Waals surface area contributed by atoms with Crippen LogP contribution in [-0.2, 0) is 19.1 Å². The number of carbonyl (C=O) groups is 4. The molecule has 18 nitrogen and oxygen atoms in total. The predicted octanol–water partition coefficient (Wildman–Crippen LogP) is 4.13. The fourth-order valence-corrected chi connectivity index (χ4v) is 9.80. The Morgan fingerprint density at radius 2 is 1.69 bits per heavy atom. The summed E-state index contributed by atoms with van der Waals surface area (Å²) in [6.07, 6.45) is 8.12. The molecule has 3 N–H and O–H groups in total. The molecule has 62 heavy (non-hydrogen) atoms. The second-order valence-corrected chi connectivity index (χ2v) is 17.2. The molecule has 2 bridgehead atoms. The third-order valence-corrected chi connectivity index (χ3v) is 13.1. The van der Waals surface area contributed by atoms with Crippen LogP contribution >= 0.6 is 0 Å². The van der Waals surface area contributed by atoms with E-state index < -0.39 is 29.9 Å². The number of nitrogens with zero attached hydrogens (tertiary/aromatic N) is 9. The Kier molecular flexibility index (Phi) is 10.9. The van der Waals surface area contributed by atoms with E-state index in [1.54, 1.807) is 29.1 Å². The Balaban J connectivity index is 0.699. The number of ether oxygens (including phenoxy) is 1. The first kappa shape index (κ1) is 40.2. The highest BCUT2D eigenvalue weighted by Gasteiger charge is 2.36. The van der Waals surface area contributed by atoms with Gasteiger partial charge in [0.25, 0.3) is 12.3 Å². The standard InChI is InChI=1S/C42H48F2N12O6/c43-39(44)37-32(47-42(60)30-18-45-55-13-12-33(48-40(30)55)54-20-26-8-9-27(21-54)61-26)22-56(50-37)25-6-4-24(5-7-25)19-52-14-16-53(17-15-52)23-35(58)46-31-3-1-2-28-36(51-62-38(28)31)29-10-11-34(57)49-41(29)59/h1-3,12-13,18,22,24-27,29,39H,4-11,14-17,19-21,23H2,(H,46,58)(H,47,60)(H,49,57,59)/t24-,25-,26?,27?,29-/m1/s1. The first-order valence-electron chi connectivity index (χ1n) is 21.5. The molecular weight excluding hydrogens is 807 g/mol. The third-order valence-electron chi connectivity index (χ3n) is 13.1. The minimum atomic E-state index is -2.87. The summed E-state index contributed by atoms with van der Waals surface area (Å²) in [5.41, 5.74) is 1.35. The minimum absolute atomic E-state index is 0.0205. The first-order valence-corrected chi connectivity index (χ1v) is 21.5. The molecule has 3 atom stereocenters. The van der Waals surface area contributed by atoms with Crippen molar-refractivity contribution >= 4 is 57.4 Å². The average Bonchev–Trinajstić information content (AvgIpc) is 4.07.